The van der Waals surface area contributed by atoms with Crippen LogP contribution in [0, 0.1) is 5.92 Å². The molecule has 152 valence electrons. The molecule has 1 aromatic rings. The summed E-state index contributed by atoms with van der Waals surface area (Å²) in [7, 11) is 1.64. The Bertz CT molecular complexity index is 613. The van der Waals surface area contributed by atoms with Gasteiger partial charge in [-0.25, -0.2) is 4.79 Å². The van der Waals surface area contributed by atoms with Crippen molar-refractivity contribution in [3.63, 3.8) is 0 Å². The molecular weight excluding hydrogens is 346 g/mol. The molecule has 27 heavy (non-hydrogen) atoms. The van der Waals surface area contributed by atoms with E-state index in [1.54, 1.807) is 12.0 Å². The van der Waals surface area contributed by atoms with Crippen molar-refractivity contribution in [2.45, 2.75) is 51.7 Å². The Labute approximate surface area is 162 Å². The number of carbonyl (C=O) groups is 1. The highest BCUT2D eigenvalue weighted by atomic mass is 16.6. The van der Waals surface area contributed by atoms with Gasteiger partial charge in [-0.15, -0.1) is 0 Å². The van der Waals surface area contributed by atoms with Gasteiger partial charge in [-0.3, -0.25) is 0 Å². The van der Waals surface area contributed by atoms with Crippen LogP contribution in [0.15, 0.2) is 24.3 Å². The van der Waals surface area contributed by atoms with Gasteiger partial charge in [0.25, 0.3) is 0 Å². The fourth-order valence-electron chi connectivity index (χ4n) is 3.61. The van der Waals surface area contributed by atoms with Gasteiger partial charge in [-0.1, -0.05) is 12.1 Å². The highest BCUT2D eigenvalue weighted by Gasteiger charge is 2.39. The molecule has 0 aliphatic carbocycles. The average molecular weight is 379 g/mol. The molecule has 1 aromatic carbocycles. The van der Waals surface area contributed by atoms with E-state index in [0.29, 0.717) is 19.8 Å². The molecule has 3 atom stereocenters. The number of piperidine rings is 1. The van der Waals surface area contributed by atoms with Crippen molar-refractivity contribution in [2.75, 3.05) is 33.5 Å². The van der Waals surface area contributed by atoms with E-state index in [2.05, 4.69) is 6.07 Å². The zero-order chi connectivity index (χ0) is 20.0. The van der Waals surface area contributed by atoms with E-state index in [4.69, 9.17) is 14.2 Å². The van der Waals surface area contributed by atoms with Crippen molar-refractivity contribution in [1.29, 1.82) is 0 Å². The zero-order valence-corrected chi connectivity index (χ0v) is 17.1. The summed E-state index contributed by atoms with van der Waals surface area (Å²) >= 11 is 0. The number of benzene rings is 1. The van der Waals surface area contributed by atoms with Crippen molar-refractivity contribution >= 4 is 6.09 Å². The molecule has 1 fully saturated rings. The first-order chi connectivity index (χ1) is 12.8. The van der Waals surface area contributed by atoms with E-state index in [-0.39, 0.29) is 30.6 Å². The molecule has 1 heterocycles. The van der Waals surface area contributed by atoms with Crippen molar-refractivity contribution in [3.8, 4) is 5.75 Å². The minimum atomic E-state index is -0.532. The standard InChI is InChI=1S/C21H33NO5/c1-15-19(14-23)18(9-10-22(15)20(24)27-21(2,3)4)16-7-6-8-17(13-16)26-12-11-25-5/h6-8,13,15,18-19,23H,9-12,14H2,1-5H3/t15-,18+,19-/m0/s1. The lowest BCUT2D eigenvalue weighted by Crippen LogP contribution is -2.52. The number of hydrogen-bond donors (Lipinski definition) is 1. The maximum absolute atomic E-state index is 12.5. The molecule has 1 amide bonds. The third kappa shape index (κ3) is 5.84. The molecule has 1 aliphatic heterocycles. The maximum Gasteiger partial charge on any atom is 0.410 e. The quantitative estimate of drug-likeness (QED) is 0.767. The van der Waals surface area contributed by atoms with E-state index in [1.165, 1.54) is 0 Å². The van der Waals surface area contributed by atoms with Gasteiger partial charge in [0.05, 0.1) is 6.61 Å². The lowest BCUT2D eigenvalue weighted by atomic mass is 9.76. The van der Waals surface area contributed by atoms with Crippen LogP contribution in [0.25, 0.3) is 0 Å². The van der Waals surface area contributed by atoms with Crippen LogP contribution in [0.3, 0.4) is 0 Å². The van der Waals surface area contributed by atoms with Crippen molar-refractivity contribution in [3.05, 3.63) is 29.8 Å². The average Bonchev–Trinajstić information content (AvgIpc) is 2.60. The van der Waals surface area contributed by atoms with E-state index >= 15 is 0 Å². The minimum absolute atomic E-state index is 0.0138. The Balaban J connectivity index is 2.11. The van der Waals surface area contributed by atoms with Crippen LogP contribution >= 0.6 is 0 Å². The first-order valence-corrected chi connectivity index (χ1v) is 9.59. The van der Waals surface area contributed by atoms with Gasteiger partial charge in [0.2, 0.25) is 0 Å². The van der Waals surface area contributed by atoms with E-state index in [0.717, 1.165) is 17.7 Å². The fourth-order valence-corrected chi connectivity index (χ4v) is 3.61. The summed E-state index contributed by atoms with van der Waals surface area (Å²) in [4.78, 5) is 14.3. The van der Waals surface area contributed by atoms with E-state index in [1.807, 2.05) is 45.9 Å². The summed E-state index contributed by atoms with van der Waals surface area (Å²) in [6, 6.07) is 7.87. The van der Waals surface area contributed by atoms with E-state index < -0.39 is 5.60 Å². The van der Waals surface area contributed by atoms with Crippen molar-refractivity contribution in [1.82, 2.24) is 4.90 Å². The number of aliphatic hydroxyl groups is 1. The molecule has 0 unspecified atom stereocenters. The van der Waals surface area contributed by atoms with Crippen LogP contribution in [0.5, 0.6) is 5.75 Å². The van der Waals surface area contributed by atoms with Gasteiger partial charge in [0.1, 0.15) is 18.0 Å². The normalized spacial score (nSPS) is 23.2. The Morgan fingerprint density at radius 3 is 2.67 bits per heavy atom. The summed E-state index contributed by atoms with van der Waals surface area (Å²) in [5.74, 6) is 0.902. The molecule has 0 aromatic heterocycles. The number of carbonyl (C=O) groups excluding carboxylic acids is 1. The molecule has 0 spiro atoms. The summed E-state index contributed by atoms with van der Waals surface area (Å²) in [6.45, 7) is 9.22. The number of rotatable bonds is 6. The number of methoxy groups -OCH3 is 1. The zero-order valence-electron chi connectivity index (χ0n) is 17.1. The van der Waals surface area contributed by atoms with Crippen LogP contribution in [0.4, 0.5) is 4.79 Å². The van der Waals surface area contributed by atoms with Crippen LogP contribution in [-0.4, -0.2) is 61.2 Å². The predicted molar refractivity (Wildman–Crippen MR) is 104 cm³/mol. The van der Waals surface area contributed by atoms with Gasteiger partial charge in [0.15, 0.2) is 0 Å². The second kappa shape index (κ2) is 9.42. The molecule has 0 saturated carbocycles. The van der Waals surface area contributed by atoms with Crippen LogP contribution in [0.2, 0.25) is 0 Å². The summed E-state index contributed by atoms with van der Waals surface area (Å²) in [5, 5.41) is 10.0. The largest absolute Gasteiger partial charge is 0.491 e. The fraction of sp³-hybridized carbons (Fsp3) is 0.667. The van der Waals surface area contributed by atoms with Crippen LogP contribution < -0.4 is 4.74 Å². The molecule has 6 nitrogen and oxygen atoms in total. The Kier molecular flexibility index (Phi) is 7.50. The molecule has 0 radical (unpaired) electrons. The second-order valence-corrected chi connectivity index (χ2v) is 8.07. The molecule has 2 rings (SSSR count). The van der Waals surface area contributed by atoms with Gasteiger partial charge in [0, 0.05) is 32.2 Å². The smallest absolute Gasteiger partial charge is 0.410 e. The monoisotopic (exact) mass is 379 g/mol. The van der Waals surface area contributed by atoms with Gasteiger partial charge in [-0.2, -0.15) is 0 Å². The van der Waals surface area contributed by atoms with Gasteiger partial charge in [-0.05, 0) is 57.7 Å². The Hall–Kier alpha value is -1.79. The summed E-state index contributed by atoms with van der Waals surface area (Å²) in [5.41, 5.74) is 0.593. The Morgan fingerprint density at radius 1 is 1.30 bits per heavy atom. The molecule has 1 N–H and O–H groups in total. The number of ether oxygens (including phenoxy) is 3. The van der Waals surface area contributed by atoms with E-state index in [9.17, 15) is 9.90 Å². The molecular formula is C21H33NO5. The molecule has 1 aliphatic rings. The minimum Gasteiger partial charge on any atom is -0.491 e. The Morgan fingerprint density at radius 2 is 2.04 bits per heavy atom. The SMILES string of the molecule is COCCOc1cccc([C@H]2CCN(C(=O)OC(C)(C)C)[C@@H](C)[C@@H]2CO)c1. The molecule has 0 bridgehead atoms. The van der Waals surface area contributed by atoms with Crippen LogP contribution in [-0.2, 0) is 9.47 Å². The van der Waals surface area contributed by atoms with Crippen LogP contribution in [0.1, 0.15) is 45.6 Å². The number of nitrogens with zero attached hydrogens (tertiary/aromatic N) is 1. The van der Waals surface area contributed by atoms with Gasteiger partial charge >= 0.3 is 6.09 Å². The number of amides is 1. The van der Waals surface area contributed by atoms with Crippen molar-refractivity contribution in [2.24, 2.45) is 5.92 Å². The summed E-state index contributed by atoms with van der Waals surface area (Å²) in [6.07, 6.45) is 0.458. The number of likely N-dealkylation sites (tertiary alicyclic amines) is 1. The second-order valence-electron chi connectivity index (χ2n) is 8.07. The van der Waals surface area contributed by atoms with Gasteiger partial charge < -0.3 is 24.2 Å². The topological polar surface area (TPSA) is 68.2 Å². The first kappa shape index (κ1) is 21.5. The summed E-state index contributed by atoms with van der Waals surface area (Å²) < 4.78 is 16.3. The molecule has 1 saturated heterocycles. The third-order valence-corrected chi connectivity index (χ3v) is 4.99. The number of aliphatic hydroxyl groups excluding tert-OH is 1. The lowest BCUT2D eigenvalue weighted by molar-refractivity contribution is -0.00764. The number of hydrogen-bond acceptors (Lipinski definition) is 5. The third-order valence-electron chi connectivity index (χ3n) is 4.99. The lowest BCUT2D eigenvalue weighted by Gasteiger charge is -2.43. The van der Waals surface area contributed by atoms with Crippen molar-refractivity contribution < 1.29 is 24.1 Å². The maximum atomic E-state index is 12.5. The highest BCUT2D eigenvalue weighted by Crippen LogP contribution is 2.38. The highest BCUT2D eigenvalue weighted by molar-refractivity contribution is 5.68. The predicted octanol–water partition coefficient (Wildman–Crippen LogP) is 3.43. The molecule has 6 heteroatoms. The first-order valence-electron chi connectivity index (χ1n) is 9.59.